The zero-order chi connectivity index (χ0) is 15.7. The van der Waals surface area contributed by atoms with Crippen molar-refractivity contribution in [1.82, 2.24) is 4.31 Å². The van der Waals surface area contributed by atoms with Gasteiger partial charge in [0, 0.05) is 16.6 Å². The molecule has 1 aliphatic heterocycles. The highest BCUT2D eigenvalue weighted by Gasteiger charge is 2.36. The Bertz CT molecular complexity index is 758. The van der Waals surface area contributed by atoms with Crippen LogP contribution in [0.15, 0.2) is 53.4 Å². The Balaban J connectivity index is 1.95. The van der Waals surface area contributed by atoms with Crippen molar-refractivity contribution in [3.8, 4) is 0 Å². The molecule has 1 saturated heterocycles. The molecular formula is C16H15Cl2NO2S. The third-order valence-electron chi connectivity index (χ3n) is 3.88. The van der Waals surface area contributed by atoms with Crippen LogP contribution in [0.1, 0.15) is 24.4 Å². The molecule has 0 aliphatic carbocycles. The molecule has 1 heterocycles. The van der Waals surface area contributed by atoms with Crippen molar-refractivity contribution in [2.45, 2.75) is 23.8 Å². The summed E-state index contributed by atoms with van der Waals surface area (Å²) in [6.45, 7) is 0.526. The first-order valence-corrected chi connectivity index (χ1v) is 9.21. The fourth-order valence-corrected chi connectivity index (χ4v) is 4.72. The Morgan fingerprint density at radius 3 is 2.05 bits per heavy atom. The lowest BCUT2D eigenvalue weighted by atomic mass is 10.1. The Morgan fingerprint density at radius 2 is 1.45 bits per heavy atom. The molecule has 0 N–H and O–H groups in total. The van der Waals surface area contributed by atoms with Gasteiger partial charge >= 0.3 is 0 Å². The molecule has 3 nitrogen and oxygen atoms in total. The van der Waals surface area contributed by atoms with Gasteiger partial charge in [0.1, 0.15) is 0 Å². The molecule has 1 atom stereocenters. The molecule has 0 amide bonds. The monoisotopic (exact) mass is 355 g/mol. The van der Waals surface area contributed by atoms with E-state index in [0.29, 0.717) is 16.6 Å². The molecule has 1 aliphatic rings. The van der Waals surface area contributed by atoms with Gasteiger partial charge in [-0.05, 0) is 54.8 Å². The van der Waals surface area contributed by atoms with E-state index in [1.54, 1.807) is 40.7 Å². The molecule has 6 heteroatoms. The average Bonchev–Trinajstić information content (AvgIpc) is 2.99. The highest BCUT2D eigenvalue weighted by Crippen LogP contribution is 2.37. The Kier molecular flexibility index (Phi) is 4.46. The summed E-state index contributed by atoms with van der Waals surface area (Å²) in [4.78, 5) is 0.276. The predicted molar refractivity (Wildman–Crippen MR) is 88.8 cm³/mol. The first-order chi connectivity index (χ1) is 10.5. The molecular weight excluding hydrogens is 341 g/mol. The van der Waals surface area contributed by atoms with E-state index in [0.717, 1.165) is 18.4 Å². The first kappa shape index (κ1) is 15.8. The van der Waals surface area contributed by atoms with E-state index < -0.39 is 10.0 Å². The van der Waals surface area contributed by atoms with Crippen LogP contribution in [-0.4, -0.2) is 19.3 Å². The van der Waals surface area contributed by atoms with E-state index in [1.807, 2.05) is 12.1 Å². The molecule has 0 aromatic heterocycles. The number of hydrogen-bond donors (Lipinski definition) is 0. The minimum atomic E-state index is -3.52. The van der Waals surface area contributed by atoms with E-state index in [4.69, 9.17) is 23.2 Å². The van der Waals surface area contributed by atoms with E-state index in [2.05, 4.69) is 0 Å². The number of halogens is 2. The topological polar surface area (TPSA) is 37.4 Å². The van der Waals surface area contributed by atoms with Crippen molar-refractivity contribution < 1.29 is 8.42 Å². The molecule has 0 saturated carbocycles. The van der Waals surface area contributed by atoms with Gasteiger partial charge in [0.25, 0.3) is 0 Å². The van der Waals surface area contributed by atoms with Crippen LogP contribution in [0.3, 0.4) is 0 Å². The maximum Gasteiger partial charge on any atom is 0.243 e. The Morgan fingerprint density at radius 1 is 0.909 bits per heavy atom. The molecule has 22 heavy (non-hydrogen) atoms. The van der Waals surface area contributed by atoms with Crippen molar-refractivity contribution in [2.24, 2.45) is 0 Å². The maximum absolute atomic E-state index is 12.9. The molecule has 2 aromatic rings. The zero-order valence-electron chi connectivity index (χ0n) is 11.7. The SMILES string of the molecule is O=S(=O)(c1ccc(Cl)cc1)N1CCCC1c1ccc(Cl)cc1. The lowest BCUT2D eigenvalue weighted by molar-refractivity contribution is 0.396. The molecule has 0 radical (unpaired) electrons. The van der Waals surface area contributed by atoms with Crippen LogP contribution in [-0.2, 0) is 10.0 Å². The van der Waals surface area contributed by atoms with Gasteiger partial charge in [0.05, 0.1) is 10.9 Å². The normalized spacial score (nSPS) is 19.5. The molecule has 116 valence electrons. The van der Waals surface area contributed by atoms with Gasteiger partial charge in [-0.1, -0.05) is 35.3 Å². The molecule has 1 unspecified atom stereocenters. The standard InChI is InChI=1S/C16H15Cl2NO2S/c17-13-5-3-12(4-6-13)16-2-1-11-19(16)22(20,21)15-9-7-14(18)8-10-15/h3-10,16H,1-2,11H2. The fraction of sp³-hybridized carbons (Fsp3) is 0.250. The van der Waals surface area contributed by atoms with Crippen LogP contribution in [0.2, 0.25) is 10.0 Å². The van der Waals surface area contributed by atoms with Gasteiger partial charge in [-0.2, -0.15) is 4.31 Å². The minimum absolute atomic E-state index is 0.141. The van der Waals surface area contributed by atoms with E-state index in [1.165, 1.54) is 0 Å². The molecule has 2 aromatic carbocycles. The van der Waals surface area contributed by atoms with Crippen molar-refractivity contribution in [1.29, 1.82) is 0 Å². The molecule has 1 fully saturated rings. The summed E-state index contributed by atoms with van der Waals surface area (Å²) in [5, 5.41) is 1.17. The van der Waals surface area contributed by atoms with Crippen molar-refractivity contribution in [3.05, 3.63) is 64.1 Å². The van der Waals surface area contributed by atoms with Crippen LogP contribution in [0.4, 0.5) is 0 Å². The maximum atomic E-state index is 12.9. The summed E-state index contributed by atoms with van der Waals surface area (Å²) in [5.41, 5.74) is 0.972. The lowest BCUT2D eigenvalue weighted by Gasteiger charge is -2.24. The highest BCUT2D eigenvalue weighted by atomic mass is 35.5. The van der Waals surface area contributed by atoms with Crippen LogP contribution in [0.25, 0.3) is 0 Å². The lowest BCUT2D eigenvalue weighted by Crippen LogP contribution is -2.30. The highest BCUT2D eigenvalue weighted by molar-refractivity contribution is 7.89. The molecule has 0 bridgehead atoms. The smallest absolute Gasteiger partial charge is 0.207 e. The second-order valence-electron chi connectivity index (χ2n) is 5.28. The number of benzene rings is 2. The van der Waals surface area contributed by atoms with E-state index >= 15 is 0 Å². The fourth-order valence-electron chi connectivity index (χ4n) is 2.79. The second kappa shape index (κ2) is 6.20. The van der Waals surface area contributed by atoms with Gasteiger partial charge in [-0.25, -0.2) is 8.42 Å². The molecule has 3 rings (SSSR count). The number of rotatable bonds is 3. The van der Waals surface area contributed by atoms with Crippen molar-refractivity contribution in [3.63, 3.8) is 0 Å². The summed E-state index contributed by atoms with van der Waals surface area (Å²) in [6.07, 6.45) is 1.66. The quantitative estimate of drug-likeness (QED) is 0.811. The minimum Gasteiger partial charge on any atom is -0.207 e. The Hall–Kier alpha value is -1.07. The summed E-state index contributed by atoms with van der Waals surface area (Å²) in [7, 11) is -3.52. The number of hydrogen-bond acceptors (Lipinski definition) is 2. The van der Waals surface area contributed by atoms with Crippen LogP contribution in [0, 0.1) is 0 Å². The van der Waals surface area contributed by atoms with Gasteiger partial charge in [-0.15, -0.1) is 0 Å². The van der Waals surface area contributed by atoms with Crippen LogP contribution < -0.4 is 0 Å². The van der Waals surface area contributed by atoms with Crippen molar-refractivity contribution in [2.75, 3.05) is 6.54 Å². The van der Waals surface area contributed by atoms with Gasteiger partial charge in [-0.3, -0.25) is 0 Å². The second-order valence-corrected chi connectivity index (χ2v) is 8.04. The van der Waals surface area contributed by atoms with Gasteiger partial charge < -0.3 is 0 Å². The Labute approximate surface area is 140 Å². The summed E-state index contributed by atoms with van der Waals surface area (Å²) < 4.78 is 27.3. The third kappa shape index (κ3) is 3.01. The average molecular weight is 356 g/mol. The van der Waals surface area contributed by atoms with Gasteiger partial charge in [0.2, 0.25) is 10.0 Å². The predicted octanol–water partition coefficient (Wildman–Crippen LogP) is 4.52. The summed E-state index contributed by atoms with van der Waals surface area (Å²) in [5.74, 6) is 0. The largest absolute Gasteiger partial charge is 0.243 e. The van der Waals surface area contributed by atoms with Crippen LogP contribution in [0.5, 0.6) is 0 Å². The van der Waals surface area contributed by atoms with Crippen molar-refractivity contribution >= 4 is 33.2 Å². The van der Waals surface area contributed by atoms with Crippen LogP contribution >= 0.6 is 23.2 Å². The van der Waals surface area contributed by atoms with Gasteiger partial charge in [0.15, 0.2) is 0 Å². The summed E-state index contributed by atoms with van der Waals surface area (Å²) >= 11 is 11.8. The number of sulfonamides is 1. The first-order valence-electron chi connectivity index (χ1n) is 7.01. The van der Waals surface area contributed by atoms with E-state index in [9.17, 15) is 8.42 Å². The zero-order valence-corrected chi connectivity index (χ0v) is 14.1. The summed E-state index contributed by atoms with van der Waals surface area (Å²) in [6, 6.07) is 13.5. The third-order valence-corrected chi connectivity index (χ3v) is 6.31. The van der Waals surface area contributed by atoms with E-state index in [-0.39, 0.29) is 10.9 Å². The number of nitrogens with zero attached hydrogens (tertiary/aromatic N) is 1. The molecule has 0 spiro atoms.